The van der Waals surface area contributed by atoms with Crippen molar-refractivity contribution < 1.29 is 19.0 Å². The number of rotatable bonds is 3. The Morgan fingerprint density at radius 3 is 2.53 bits per heavy atom. The molecule has 0 fully saturated rings. The molecule has 0 aliphatic carbocycles. The third-order valence-corrected chi connectivity index (χ3v) is 3.51. The van der Waals surface area contributed by atoms with Gasteiger partial charge in [-0.1, -0.05) is 0 Å². The largest absolute Gasteiger partial charge is 0.493 e. The maximum atomic E-state index is 11.5. The molecule has 1 aromatic carbocycles. The molecule has 0 saturated carbocycles. The molecule has 0 amide bonds. The maximum absolute atomic E-state index is 11.5. The normalized spacial score (nSPS) is 10.3. The van der Waals surface area contributed by atoms with Crippen LogP contribution in [0.15, 0.2) is 18.2 Å². The SMILES string of the molecule is COC(=O)c1cc2c(OC)c(OC)ccc2s1. The summed E-state index contributed by atoms with van der Waals surface area (Å²) in [7, 11) is 4.52. The molecule has 90 valence electrons. The number of hydrogen-bond acceptors (Lipinski definition) is 5. The monoisotopic (exact) mass is 252 g/mol. The number of methoxy groups -OCH3 is 3. The predicted octanol–water partition coefficient (Wildman–Crippen LogP) is 2.71. The summed E-state index contributed by atoms with van der Waals surface area (Å²) >= 11 is 1.37. The lowest BCUT2D eigenvalue weighted by Gasteiger charge is -2.07. The minimum absolute atomic E-state index is 0.341. The molecule has 0 spiro atoms. The fraction of sp³-hybridized carbons (Fsp3) is 0.250. The zero-order valence-corrected chi connectivity index (χ0v) is 10.6. The van der Waals surface area contributed by atoms with Gasteiger partial charge in [-0.15, -0.1) is 11.3 Å². The molecule has 0 atom stereocenters. The van der Waals surface area contributed by atoms with E-state index in [1.165, 1.54) is 18.4 Å². The average Bonchev–Trinajstić information content (AvgIpc) is 2.80. The van der Waals surface area contributed by atoms with E-state index in [1.54, 1.807) is 20.3 Å². The number of carbonyl (C=O) groups is 1. The molecule has 0 aliphatic heterocycles. The predicted molar refractivity (Wildman–Crippen MR) is 66.3 cm³/mol. The summed E-state index contributed by atoms with van der Waals surface area (Å²) in [5.74, 6) is 0.942. The first-order valence-electron chi connectivity index (χ1n) is 4.94. The van der Waals surface area contributed by atoms with Crippen molar-refractivity contribution in [3.63, 3.8) is 0 Å². The molecule has 0 bridgehead atoms. The lowest BCUT2D eigenvalue weighted by Crippen LogP contribution is -1.96. The molecular weight excluding hydrogens is 240 g/mol. The van der Waals surface area contributed by atoms with E-state index >= 15 is 0 Å². The van der Waals surface area contributed by atoms with E-state index in [9.17, 15) is 4.79 Å². The lowest BCUT2D eigenvalue weighted by molar-refractivity contribution is 0.0606. The van der Waals surface area contributed by atoms with E-state index in [2.05, 4.69) is 0 Å². The lowest BCUT2D eigenvalue weighted by atomic mass is 10.2. The molecule has 1 aromatic heterocycles. The highest BCUT2D eigenvalue weighted by atomic mass is 32.1. The molecule has 0 saturated heterocycles. The molecule has 5 heteroatoms. The van der Waals surface area contributed by atoms with E-state index < -0.39 is 0 Å². The Morgan fingerprint density at radius 1 is 1.18 bits per heavy atom. The molecule has 17 heavy (non-hydrogen) atoms. The quantitative estimate of drug-likeness (QED) is 0.788. The summed E-state index contributed by atoms with van der Waals surface area (Å²) in [4.78, 5) is 12.0. The topological polar surface area (TPSA) is 44.8 Å². The van der Waals surface area contributed by atoms with Crippen LogP contribution in [0.4, 0.5) is 0 Å². The van der Waals surface area contributed by atoms with Crippen LogP contribution in [-0.4, -0.2) is 27.3 Å². The Bertz CT molecular complexity index is 559. The Labute approximate surface area is 103 Å². The van der Waals surface area contributed by atoms with E-state index in [-0.39, 0.29) is 5.97 Å². The number of carbonyl (C=O) groups excluding carboxylic acids is 1. The van der Waals surface area contributed by atoms with Gasteiger partial charge >= 0.3 is 5.97 Å². The first-order chi connectivity index (χ1) is 8.21. The Morgan fingerprint density at radius 2 is 1.94 bits per heavy atom. The number of esters is 1. The summed E-state index contributed by atoms with van der Waals surface area (Å²) in [6, 6.07) is 5.47. The molecule has 2 aromatic rings. The minimum atomic E-state index is -0.341. The van der Waals surface area contributed by atoms with E-state index in [0.717, 1.165) is 10.1 Å². The zero-order valence-electron chi connectivity index (χ0n) is 9.77. The molecule has 2 rings (SSSR count). The second-order valence-corrected chi connectivity index (χ2v) is 4.40. The highest BCUT2D eigenvalue weighted by Crippen LogP contribution is 2.39. The molecule has 0 radical (unpaired) electrons. The van der Waals surface area contributed by atoms with Crippen molar-refractivity contribution in [2.45, 2.75) is 0 Å². The van der Waals surface area contributed by atoms with Crippen LogP contribution in [0.1, 0.15) is 9.67 Å². The van der Waals surface area contributed by atoms with Crippen molar-refractivity contribution in [2.75, 3.05) is 21.3 Å². The van der Waals surface area contributed by atoms with E-state index in [4.69, 9.17) is 14.2 Å². The molecule has 0 unspecified atom stereocenters. The van der Waals surface area contributed by atoms with Gasteiger partial charge in [0.15, 0.2) is 11.5 Å². The van der Waals surface area contributed by atoms with Gasteiger partial charge in [0.2, 0.25) is 0 Å². The average molecular weight is 252 g/mol. The van der Waals surface area contributed by atoms with Crippen molar-refractivity contribution in [2.24, 2.45) is 0 Å². The van der Waals surface area contributed by atoms with Crippen LogP contribution in [0, 0.1) is 0 Å². The highest BCUT2D eigenvalue weighted by molar-refractivity contribution is 7.20. The van der Waals surface area contributed by atoms with Crippen molar-refractivity contribution in [1.82, 2.24) is 0 Å². The van der Waals surface area contributed by atoms with Crippen LogP contribution in [0.5, 0.6) is 11.5 Å². The van der Waals surface area contributed by atoms with Crippen molar-refractivity contribution in [3.8, 4) is 11.5 Å². The Balaban J connectivity index is 2.64. The fourth-order valence-electron chi connectivity index (χ4n) is 1.64. The van der Waals surface area contributed by atoms with Gasteiger partial charge in [-0.05, 0) is 18.2 Å². The number of fused-ring (bicyclic) bond motifs is 1. The Hall–Kier alpha value is -1.75. The summed E-state index contributed by atoms with van der Waals surface area (Å²) in [6.45, 7) is 0. The van der Waals surface area contributed by atoms with Crippen LogP contribution in [0.25, 0.3) is 10.1 Å². The minimum Gasteiger partial charge on any atom is -0.493 e. The van der Waals surface area contributed by atoms with Gasteiger partial charge in [0.1, 0.15) is 4.88 Å². The van der Waals surface area contributed by atoms with Gasteiger partial charge in [0, 0.05) is 10.1 Å². The third kappa shape index (κ3) is 1.93. The summed E-state index contributed by atoms with van der Waals surface area (Å²) < 4.78 is 16.2. The van der Waals surface area contributed by atoms with E-state index in [1.807, 2.05) is 12.1 Å². The first-order valence-corrected chi connectivity index (χ1v) is 5.75. The zero-order chi connectivity index (χ0) is 12.4. The van der Waals surface area contributed by atoms with Gasteiger partial charge in [-0.2, -0.15) is 0 Å². The van der Waals surface area contributed by atoms with Crippen molar-refractivity contribution in [3.05, 3.63) is 23.1 Å². The van der Waals surface area contributed by atoms with Gasteiger partial charge in [0.05, 0.1) is 21.3 Å². The number of hydrogen-bond donors (Lipinski definition) is 0. The van der Waals surface area contributed by atoms with Crippen molar-refractivity contribution in [1.29, 1.82) is 0 Å². The first kappa shape index (κ1) is 11.7. The molecule has 4 nitrogen and oxygen atoms in total. The molecule has 0 N–H and O–H groups in total. The van der Waals surface area contributed by atoms with Crippen molar-refractivity contribution >= 4 is 27.4 Å². The van der Waals surface area contributed by atoms with Crippen LogP contribution < -0.4 is 9.47 Å². The molecule has 0 aliphatic rings. The second-order valence-electron chi connectivity index (χ2n) is 3.32. The third-order valence-electron chi connectivity index (χ3n) is 2.43. The Kier molecular flexibility index (Phi) is 3.19. The van der Waals surface area contributed by atoms with Crippen LogP contribution in [0.3, 0.4) is 0 Å². The summed E-state index contributed by atoms with van der Waals surface area (Å²) in [5, 5.41) is 0.859. The maximum Gasteiger partial charge on any atom is 0.348 e. The van der Waals surface area contributed by atoms with Crippen LogP contribution in [0.2, 0.25) is 0 Å². The summed E-state index contributed by atoms with van der Waals surface area (Å²) in [5.41, 5.74) is 0. The molecular formula is C12H12O4S. The van der Waals surface area contributed by atoms with Gasteiger partial charge < -0.3 is 14.2 Å². The van der Waals surface area contributed by atoms with Gasteiger partial charge in [0.25, 0.3) is 0 Å². The van der Waals surface area contributed by atoms with E-state index in [0.29, 0.717) is 16.4 Å². The van der Waals surface area contributed by atoms with Crippen LogP contribution >= 0.6 is 11.3 Å². The van der Waals surface area contributed by atoms with Gasteiger partial charge in [-0.3, -0.25) is 0 Å². The fourth-order valence-corrected chi connectivity index (χ4v) is 2.62. The highest BCUT2D eigenvalue weighted by Gasteiger charge is 2.15. The smallest absolute Gasteiger partial charge is 0.348 e. The van der Waals surface area contributed by atoms with Crippen LogP contribution in [-0.2, 0) is 4.74 Å². The number of ether oxygens (including phenoxy) is 3. The summed E-state index contributed by atoms with van der Waals surface area (Å²) in [6.07, 6.45) is 0. The second kappa shape index (κ2) is 4.63. The molecule has 1 heterocycles. The number of thiophene rings is 1. The van der Waals surface area contributed by atoms with Gasteiger partial charge in [-0.25, -0.2) is 4.79 Å². The standard InChI is InChI=1S/C12H12O4S/c1-14-8-4-5-9-7(11(8)15-2)6-10(17-9)12(13)16-3/h4-6H,1-3H3. The number of benzene rings is 1.